The molecule has 0 heterocycles. The van der Waals surface area contributed by atoms with Crippen molar-refractivity contribution >= 4 is 29.5 Å². The number of amides is 2. The van der Waals surface area contributed by atoms with E-state index in [1.165, 1.54) is 6.92 Å². The van der Waals surface area contributed by atoms with Crippen LogP contribution < -0.4 is 15.4 Å². The monoisotopic (exact) mass is 340 g/mol. The highest BCUT2D eigenvalue weighted by Gasteiger charge is 2.18. The average molecular weight is 340 g/mol. The summed E-state index contributed by atoms with van der Waals surface area (Å²) in [5, 5.41) is 5.44. The highest BCUT2D eigenvalue weighted by molar-refractivity contribution is 5.95. The normalized spacial score (nSPS) is 11.3. The van der Waals surface area contributed by atoms with E-state index < -0.39 is 6.10 Å². The fourth-order valence-corrected chi connectivity index (χ4v) is 2.17. The molecule has 2 amide bonds. The van der Waals surface area contributed by atoms with Gasteiger partial charge in [-0.1, -0.05) is 6.92 Å². The van der Waals surface area contributed by atoms with Gasteiger partial charge < -0.3 is 15.4 Å². The summed E-state index contributed by atoms with van der Waals surface area (Å²) in [6.07, 6.45) is 0.584. The predicted octanol–water partition coefficient (Wildman–Crippen LogP) is 3.25. The molecular weight excluding hydrogens is 320 g/mol. The maximum Gasteiger partial charge on any atom is 0.265 e. The summed E-state index contributed by atoms with van der Waals surface area (Å²) in [5.74, 6) is 0.0969. The molecule has 0 radical (unpaired) electrons. The molecule has 0 fully saturated rings. The first-order valence-electron chi connectivity index (χ1n) is 7.92. The summed E-state index contributed by atoms with van der Waals surface area (Å²) in [7, 11) is 0. The lowest BCUT2D eigenvalue weighted by Crippen LogP contribution is -2.32. The van der Waals surface area contributed by atoms with Crippen molar-refractivity contribution in [1.82, 2.24) is 0 Å². The SMILES string of the molecule is CCC(Oc1ccc(C=O)cc1)C(=O)Nc1ccc(NC(C)=O)cc1. The van der Waals surface area contributed by atoms with Crippen LogP contribution in [0.5, 0.6) is 5.75 Å². The Balaban J connectivity index is 1.98. The van der Waals surface area contributed by atoms with E-state index in [-0.39, 0.29) is 11.8 Å². The fraction of sp³-hybridized carbons (Fsp3) is 0.211. The van der Waals surface area contributed by atoms with Crippen molar-refractivity contribution in [2.24, 2.45) is 0 Å². The molecule has 0 aliphatic carbocycles. The van der Waals surface area contributed by atoms with Crippen molar-refractivity contribution in [2.45, 2.75) is 26.4 Å². The molecule has 0 aliphatic rings. The number of rotatable bonds is 7. The van der Waals surface area contributed by atoms with Gasteiger partial charge in [-0.3, -0.25) is 14.4 Å². The van der Waals surface area contributed by atoms with Crippen LogP contribution in [0.2, 0.25) is 0 Å². The van der Waals surface area contributed by atoms with Crippen molar-refractivity contribution in [2.75, 3.05) is 10.6 Å². The number of hydrogen-bond donors (Lipinski definition) is 2. The number of nitrogens with one attached hydrogen (secondary N) is 2. The molecule has 0 aromatic heterocycles. The van der Waals surface area contributed by atoms with Gasteiger partial charge in [-0.05, 0) is 55.0 Å². The smallest absolute Gasteiger partial charge is 0.265 e. The van der Waals surface area contributed by atoms with Crippen LogP contribution in [-0.4, -0.2) is 24.2 Å². The third kappa shape index (κ3) is 5.46. The third-order valence-corrected chi connectivity index (χ3v) is 3.43. The molecule has 2 N–H and O–H groups in total. The zero-order valence-electron chi connectivity index (χ0n) is 14.1. The number of carbonyl (C=O) groups excluding carboxylic acids is 3. The van der Waals surface area contributed by atoms with Crippen LogP contribution in [0.3, 0.4) is 0 Å². The van der Waals surface area contributed by atoms with Crippen molar-refractivity contribution in [3.05, 3.63) is 54.1 Å². The van der Waals surface area contributed by atoms with Crippen LogP contribution in [0.25, 0.3) is 0 Å². The number of carbonyl (C=O) groups is 3. The van der Waals surface area contributed by atoms with Crippen LogP contribution >= 0.6 is 0 Å². The number of anilines is 2. The second-order valence-electron chi connectivity index (χ2n) is 5.45. The van der Waals surface area contributed by atoms with E-state index in [2.05, 4.69) is 10.6 Å². The maximum absolute atomic E-state index is 12.4. The summed E-state index contributed by atoms with van der Waals surface area (Å²) in [6, 6.07) is 13.4. The van der Waals surface area contributed by atoms with E-state index in [1.54, 1.807) is 48.5 Å². The van der Waals surface area contributed by atoms with Gasteiger partial charge in [0.1, 0.15) is 12.0 Å². The first-order chi connectivity index (χ1) is 12.0. The van der Waals surface area contributed by atoms with Crippen molar-refractivity contribution in [3.63, 3.8) is 0 Å². The predicted molar refractivity (Wildman–Crippen MR) is 95.9 cm³/mol. The van der Waals surface area contributed by atoms with Gasteiger partial charge in [-0.2, -0.15) is 0 Å². The van der Waals surface area contributed by atoms with Gasteiger partial charge in [-0.25, -0.2) is 0 Å². The minimum atomic E-state index is -0.655. The zero-order valence-corrected chi connectivity index (χ0v) is 14.1. The van der Waals surface area contributed by atoms with Crippen LogP contribution in [0.1, 0.15) is 30.6 Å². The van der Waals surface area contributed by atoms with Gasteiger partial charge in [0.25, 0.3) is 5.91 Å². The Morgan fingerprint density at radius 3 is 2.04 bits per heavy atom. The van der Waals surface area contributed by atoms with E-state index >= 15 is 0 Å². The Labute approximate surface area is 146 Å². The standard InChI is InChI=1S/C19H20N2O4/c1-3-18(25-17-10-4-14(12-22)5-11-17)19(24)21-16-8-6-15(7-9-16)20-13(2)23/h4-12,18H,3H2,1-2H3,(H,20,23)(H,21,24). The molecule has 0 saturated carbocycles. The lowest BCUT2D eigenvalue weighted by molar-refractivity contribution is -0.122. The molecule has 6 heteroatoms. The van der Waals surface area contributed by atoms with Gasteiger partial charge in [0.05, 0.1) is 0 Å². The topological polar surface area (TPSA) is 84.5 Å². The molecule has 2 aromatic rings. The molecule has 6 nitrogen and oxygen atoms in total. The second kappa shape index (κ2) is 8.63. The first kappa shape index (κ1) is 18.2. The number of hydrogen-bond acceptors (Lipinski definition) is 4. The molecular formula is C19H20N2O4. The molecule has 130 valence electrons. The highest BCUT2D eigenvalue weighted by atomic mass is 16.5. The number of benzene rings is 2. The molecule has 1 unspecified atom stereocenters. The Hall–Kier alpha value is -3.15. The summed E-state index contributed by atoms with van der Waals surface area (Å²) < 4.78 is 5.69. The number of ether oxygens (including phenoxy) is 1. The molecule has 0 aliphatic heterocycles. The summed E-state index contributed by atoms with van der Waals surface area (Å²) in [5.41, 5.74) is 1.81. The van der Waals surface area contributed by atoms with E-state index in [0.29, 0.717) is 29.1 Å². The first-order valence-corrected chi connectivity index (χ1v) is 7.92. The molecule has 0 bridgehead atoms. The Morgan fingerprint density at radius 1 is 1.00 bits per heavy atom. The van der Waals surface area contributed by atoms with Crippen molar-refractivity contribution in [3.8, 4) is 5.75 Å². The van der Waals surface area contributed by atoms with Crippen LogP contribution in [0.4, 0.5) is 11.4 Å². The highest BCUT2D eigenvalue weighted by Crippen LogP contribution is 2.17. The average Bonchev–Trinajstić information content (AvgIpc) is 2.61. The lowest BCUT2D eigenvalue weighted by Gasteiger charge is -2.17. The maximum atomic E-state index is 12.4. The van der Waals surface area contributed by atoms with Gasteiger partial charge in [-0.15, -0.1) is 0 Å². The summed E-state index contributed by atoms with van der Waals surface area (Å²) >= 11 is 0. The molecule has 2 rings (SSSR count). The minimum absolute atomic E-state index is 0.156. The van der Waals surface area contributed by atoms with Crippen LogP contribution in [-0.2, 0) is 9.59 Å². The molecule has 1 atom stereocenters. The van der Waals surface area contributed by atoms with E-state index in [0.717, 1.165) is 6.29 Å². The van der Waals surface area contributed by atoms with Crippen molar-refractivity contribution < 1.29 is 19.1 Å². The summed E-state index contributed by atoms with van der Waals surface area (Å²) in [4.78, 5) is 34.0. The van der Waals surface area contributed by atoms with Gasteiger partial charge in [0.2, 0.25) is 5.91 Å². The van der Waals surface area contributed by atoms with Crippen LogP contribution in [0, 0.1) is 0 Å². The van der Waals surface area contributed by atoms with Gasteiger partial charge in [0, 0.05) is 23.9 Å². The Morgan fingerprint density at radius 2 is 1.56 bits per heavy atom. The van der Waals surface area contributed by atoms with Gasteiger partial charge >= 0.3 is 0 Å². The molecule has 2 aromatic carbocycles. The second-order valence-corrected chi connectivity index (χ2v) is 5.45. The van der Waals surface area contributed by atoms with E-state index in [4.69, 9.17) is 4.74 Å². The fourth-order valence-electron chi connectivity index (χ4n) is 2.17. The Kier molecular flexibility index (Phi) is 6.28. The zero-order chi connectivity index (χ0) is 18.2. The van der Waals surface area contributed by atoms with E-state index in [9.17, 15) is 14.4 Å². The molecule has 0 spiro atoms. The van der Waals surface area contributed by atoms with Crippen LogP contribution in [0.15, 0.2) is 48.5 Å². The number of aldehydes is 1. The summed E-state index contributed by atoms with van der Waals surface area (Å²) in [6.45, 7) is 3.28. The Bertz CT molecular complexity index is 739. The van der Waals surface area contributed by atoms with Crippen molar-refractivity contribution in [1.29, 1.82) is 0 Å². The van der Waals surface area contributed by atoms with E-state index in [1.807, 2.05) is 6.92 Å². The molecule has 25 heavy (non-hydrogen) atoms. The minimum Gasteiger partial charge on any atom is -0.481 e. The third-order valence-electron chi connectivity index (χ3n) is 3.43. The van der Waals surface area contributed by atoms with Gasteiger partial charge in [0.15, 0.2) is 6.10 Å². The largest absolute Gasteiger partial charge is 0.481 e. The quantitative estimate of drug-likeness (QED) is 0.758. The molecule has 0 saturated heterocycles. The lowest BCUT2D eigenvalue weighted by atomic mass is 10.2.